The first-order chi connectivity index (χ1) is 16.5. The Morgan fingerprint density at radius 2 is 1.91 bits per heavy atom. The second kappa shape index (κ2) is 10.7. The smallest absolute Gasteiger partial charge is 0.144 e. The van der Waals surface area contributed by atoms with E-state index in [-0.39, 0.29) is 12.4 Å². The molecule has 1 aliphatic heterocycles. The number of anilines is 2. The number of halogens is 2. The Kier molecular flexibility index (Phi) is 7.52. The average molecular weight is 485 g/mol. The summed E-state index contributed by atoms with van der Waals surface area (Å²) in [5, 5.41) is 0.402. The Bertz CT molecular complexity index is 1190. The minimum atomic E-state index is -0.521. The van der Waals surface area contributed by atoms with E-state index in [0.717, 1.165) is 17.7 Å². The fourth-order valence-corrected chi connectivity index (χ4v) is 3.82. The van der Waals surface area contributed by atoms with E-state index in [1.807, 2.05) is 6.07 Å². The predicted octanol–water partition coefficient (Wildman–Crippen LogP) is 5.19. The van der Waals surface area contributed by atoms with Gasteiger partial charge in [-0.05, 0) is 42.0 Å². The minimum Gasteiger partial charge on any atom is -0.491 e. The Morgan fingerprint density at radius 1 is 1.06 bits per heavy atom. The van der Waals surface area contributed by atoms with Gasteiger partial charge in [0.1, 0.15) is 30.1 Å². The molecule has 1 atom stereocenters. The third-order valence-electron chi connectivity index (χ3n) is 5.35. The Hall–Kier alpha value is -3.33. The number of rotatable bonds is 9. The van der Waals surface area contributed by atoms with Crippen molar-refractivity contribution in [2.75, 3.05) is 31.0 Å². The SMILES string of the molecule is COCCCOc1cc2c(cc1N)C(N)N(c1ccc(OCc3cccc(F)c3)c(Cl)c1)C=N2. The van der Waals surface area contributed by atoms with Crippen molar-refractivity contribution in [3.63, 3.8) is 0 Å². The van der Waals surface area contributed by atoms with Crippen molar-refractivity contribution in [3.05, 3.63) is 76.6 Å². The first-order valence-electron chi connectivity index (χ1n) is 10.8. The van der Waals surface area contributed by atoms with Gasteiger partial charge >= 0.3 is 0 Å². The van der Waals surface area contributed by atoms with Crippen molar-refractivity contribution in [2.45, 2.75) is 19.2 Å². The molecule has 0 aromatic heterocycles. The van der Waals surface area contributed by atoms with Crippen LogP contribution in [0.1, 0.15) is 23.7 Å². The Labute approximate surface area is 202 Å². The number of benzene rings is 3. The highest BCUT2D eigenvalue weighted by Gasteiger charge is 2.24. The first kappa shape index (κ1) is 23.8. The number of nitrogens with two attached hydrogens (primary N) is 2. The molecule has 0 fully saturated rings. The average Bonchev–Trinajstić information content (AvgIpc) is 2.82. The zero-order valence-corrected chi connectivity index (χ0v) is 19.5. The third kappa shape index (κ3) is 5.41. The van der Waals surface area contributed by atoms with E-state index >= 15 is 0 Å². The lowest BCUT2D eigenvalue weighted by atomic mass is 10.1. The van der Waals surface area contributed by atoms with Crippen LogP contribution in [0.25, 0.3) is 0 Å². The molecule has 34 heavy (non-hydrogen) atoms. The number of aliphatic imine (C=N–C) groups is 1. The quantitative estimate of drug-likeness (QED) is 0.320. The normalized spacial score (nSPS) is 14.7. The van der Waals surface area contributed by atoms with Crippen molar-refractivity contribution in [2.24, 2.45) is 10.7 Å². The molecular weight excluding hydrogens is 459 g/mol. The minimum absolute atomic E-state index is 0.198. The van der Waals surface area contributed by atoms with Crippen LogP contribution in [0, 0.1) is 5.82 Å². The zero-order chi connectivity index (χ0) is 24.1. The van der Waals surface area contributed by atoms with Crippen LogP contribution >= 0.6 is 11.6 Å². The molecule has 0 aliphatic carbocycles. The molecule has 0 radical (unpaired) electrons. The fourth-order valence-electron chi connectivity index (χ4n) is 3.59. The van der Waals surface area contributed by atoms with Crippen LogP contribution in [0.2, 0.25) is 5.02 Å². The highest BCUT2D eigenvalue weighted by molar-refractivity contribution is 6.32. The molecule has 1 unspecified atom stereocenters. The number of methoxy groups -OCH3 is 1. The number of fused-ring (bicyclic) bond motifs is 1. The molecule has 0 saturated carbocycles. The molecule has 0 amide bonds. The number of nitrogens with zero attached hydrogens (tertiary/aromatic N) is 2. The summed E-state index contributed by atoms with van der Waals surface area (Å²) in [6.07, 6.45) is 1.89. The topological polar surface area (TPSA) is 95.3 Å². The van der Waals surface area contributed by atoms with Gasteiger partial charge in [0.2, 0.25) is 0 Å². The molecule has 3 aromatic rings. The van der Waals surface area contributed by atoms with Crippen LogP contribution < -0.4 is 25.8 Å². The molecule has 7 nitrogen and oxygen atoms in total. The largest absolute Gasteiger partial charge is 0.491 e. The molecule has 0 bridgehead atoms. The van der Waals surface area contributed by atoms with Crippen molar-refractivity contribution < 1.29 is 18.6 Å². The summed E-state index contributed by atoms with van der Waals surface area (Å²) < 4.78 is 29.9. The van der Waals surface area contributed by atoms with Crippen molar-refractivity contribution in [1.29, 1.82) is 0 Å². The summed E-state index contributed by atoms with van der Waals surface area (Å²) in [5.74, 6) is 0.735. The van der Waals surface area contributed by atoms with Crippen LogP contribution in [-0.2, 0) is 11.3 Å². The van der Waals surface area contributed by atoms with Gasteiger partial charge in [-0.1, -0.05) is 23.7 Å². The van der Waals surface area contributed by atoms with Gasteiger partial charge in [0.05, 0.1) is 29.3 Å². The lowest BCUT2D eigenvalue weighted by Gasteiger charge is -2.32. The fraction of sp³-hybridized carbons (Fsp3) is 0.240. The maximum atomic E-state index is 13.4. The van der Waals surface area contributed by atoms with Crippen molar-refractivity contribution in [3.8, 4) is 11.5 Å². The molecule has 1 aliphatic rings. The van der Waals surface area contributed by atoms with Crippen LogP contribution in [0.3, 0.4) is 0 Å². The maximum absolute atomic E-state index is 13.4. The molecule has 0 saturated heterocycles. The van der Waals surface area contributed by atoms with Gasteiger partial charge in [0.15, 0.2) is 0 Å². The molecule has 4 rings (SSSR count). The second-order valence-corrected chi connectivity index (χ2v) is 8.18. The van der Waals surface area contributed by atoms with Gasteiger partial charge in [-0.25, -0.2) is 9.38 Å². The van der Waals surface area contributed by atoms with Crippen LogP contribution in [0.5, 0.6) is 11.5 Å². The Balaban J connectivity index is 1.47. The summed E-state index contributed by atoms with van der Waals surface area (Å²) in [5.41, 5.74) is 16.1. The lowest BCUT2D eigenvalue weighted by Crippen LogP contribution is -2.35. The van der Waals surface area contributed by atoms with E-state index in [9.17, 15) is 4.39 Å². The van der Waals surface area contributed by atoms with Crippen LogP contribution in [-0.4, -0.2) is 26.7 Å². The van der Waals surface area contributed by atoms with E-state index in [1.165, 1.54) is 12.1 Å². The third-order valence-corrected chi connectivity index (χ3v) is 5.64. The molecule has 9 heteroatoms. The summed E-state index contributed by atoms with van der Waals surface area (Å²) in [6, 6.07) is 15.1. The lowest BCUT2D eigenvalue weighted by molar-refractivity contribution is 0.172. The van der Waals surface area contributed by atoms with Gasteiger partial charge < -0.3 is 30.6 Å². The molecule has 1 heterocycles. The number of hydrogen-bond donors (Lipinski definition) is 2. The summed E-state index contributed by atoms with van der Waals surface area (Å²) in [7, 11) is 1.65. The standard InChI is InChI=1S/C25H26ClFN4O3/c1-32-8-3-9-33-24-13-22-19(12-21(24)28)25(29)31(15-30-22)18-6-7-23(20(26)11-18)34-14-16-4-2-5-17(27)10-16/h2,4-7,10-13,15,25H,3,8-9,14,28-29H2,1H3. The van der Waals surface area contributed by atoms with Gasteiger partial charge in [-0.2, -0.15) is 0 Å². The van der Waals surface area contributed by atoms with Crippen molar-refractivity contribution in [1.82, 2.24) is 0 Å². The van der Waals surface area contributed by atoms with Crippen LogP contribution in [0.15, 0.2) is 59.6 Å². The predicted molar refractivity (Wildman–Crippen MR) is 133 cm³/mol. The first-order valence-corrected chi connectivity index (χ1v) is 11.1. The monoisotopic (exact) mass is 484 g/mol. The van der Waals surface area contributed by atoms with Gasteiger partial charge in [0.25, 0.3) is 0 Å². The highest BCUT2D eigenvalue weighted by atomic mass is 35.5. The van der Waals surface area contributed by atoms with Crippen molar-refractivity contribution >= 4 is 35.0 Å². The van der Waals surface area contributed by atoms with E-state index in [1.54, 1.807) is 54.7 Å². The zero-order valence-electron chi connectivity index (χ0n) is 18.7. The second-order valence-electron chi connectivity index (χ2n) is 7.77. The highest BCUT2D eigenvalue weighted by Crippen LogP contribution is 2.40. The van der Waals surface area contributed by atoms with E-state index in [0.29, 0.717) is 46.7 Å². The molecular formula is C25H26ClFN4O3. The van der Waals surface area contributed by atoms with Crippen LogP contribution in [0.4, 0.5) is 21.5 Å². The summed E-state index contributed by atoms with van der Waals surface area (Å²) >= 11 is 6.45. The Morgan fingerprint density at radius 3 is 2.68 bits per heavy atom. The number of ether oxygens (including phenoxy) is 3. The summed E-state index contributed by atoms with van der Waals surface area (Å²) in [4.78, 5) is 6.33. The van der Waals surface area contributed by atoms with Gasteiger partial charge in [-0.3, -0.25) is 0 Å². The van der Waals surface area contributed by atoms with Gasteiger partial charge in [-0.15, -0.1) is 0 Å². The van der Waals surface area contributed by atoms with E-state index in [4.69, 9.17) is 37.3 Å². The maximum Gasteiger partial charge on any atom is 0.144 e. The number of hydrogen-bond acceptors (Lipinski definition) is 7. The van der Waals surface area contributed by atoms with E-state index in [2.05, 4.69) is 4.99 Å². The molecule has 0 spiro atoms. The molecule has 4 N–H and O–H groups in total. The molecule has 178 valence electrons. The molecule has 3 aromatic carbocycles. The summed E-state index contributed by atoms with van der Waals surface area (Å²) in [6.45, 7) is 1.30. The van der Waals surface area contributed by atoms with Gasteiger partial charge in [0, 0.05) is 37.5 Å². The van der Waals surface area contributed by atoms with E-state index < -0.39 is 6.17 Å². The number of nitrogen functional groups attached to an aromatic ring is 1.